The van der Waals surface area contributed by atoms with Gasteiger partial charge in [-0.3, -0.25) is 4.79 Å². The molecule has 1 aromatic rings. The summed E-state index contributed by atoms with van der Waals surface area (Å²) >= 11 is 0. The van der Waals surface area contributed by atoms with Crippen molar-refractivity contribution in [1.29, 1.82) is 0 Å². The summed E-state index contributed by atoms with van der Waals surface area (Å²) in [5.74, 6) is -3.13. The van der Waals surface area contributed by atoms with Gasteiger partial charge < -0.3 is 19.5 Å². The van der Waals surface area contributed by atoms with E-state index in [-0.39, 0.29) is 11.9 Å². The van der Waals surface area contributed by atoms with Crippen molar-refractivity contribution in [1.82, 2.24) is 0 Å². The van der Waals surface area contributed by atoms with E-state index in [1.807, 2.05) is 44.2 Å². The molecular formula is C20H20NO4-. The van der Waals surface area contributed by atoms with Gasteiger partial charge in [-0.15, -0.1) is 6.58 Å². The van der Waals surface area contributed by atoms with Gasteiger partial charge in [0.05, 0.1) is 18.1 Å². The zero-order valence-electron chi connectivity index (χ0n) is 14.3. The number of rotatable bonds is 4. The molecule has 2 saturated heterocycles. The van der Waals surface area contributed by atoms with Gasteiger partial charge >= 0.3 is 0 Å². The molecular weight excluding hydrogens is 318 g/mol. The first kappa shape index (κ1) is 16.1. The third kappa shape index (κ3) is 2.05. The Labute approximate surface area is 146 Å². The number of ether oxygens (including phenoxy) is 1. The van der Waals surface area contributed by atoms with Gasteiger partial charge in [-0.25, -0.2) is 0 Å². The predicted octanol–water partition coefficient (Wildman–Crippen LogP) is 1.37. The lowest BCUT2D eigenvalue weighted by Crippen LogP contribution is -2.46. The molecule has 0 aromatic heterocycles. The summed E-state index contributed by atoms with van der Waals surface area (Å²) in [6.07, 6.45) is 3.60. The molecule has 0 radical (unpaired) electrons. The summed E-state index contributed by atoms with van der Waals surface area (Å²) in [6.45, 7) is 7.84. The highest BCUT2D eigenvalue weighted by atomic mass is 16.5. The van der Waals surface area contributed by atoms with Crippen LogP contribution in [0.3, 0.4) is 0 Å². The standard InChI is InChI=1S/C20H21NO4/c1-11(2)10-15-20-9-8-14(25-20)16(19(23)24)17(20)18(22)21(15)13-7-5-4-6-12(13)3/h4-9,14-17H,1,10H2,2-3H3,(H,23,24)/p-1/t14-,15+,16+,17+,20-/m1/s1. The Bertz CT molecular complexity index is 814. The fraction of sp³-hybridized carbons (Fsp3) is 0.400. The SMILES string of the molecule is C=C(C)C[C@@H]1N(c2ccccc2C)C(=O)[C@@H]2[C@@H](C(=O)[O-])[C@H]3C=C[C@]21O3. The fourth-order valence-electron chi connectivity index (χ4n) is 4.62. The number of para-hydroxylation sites is 1. The summed E-state index contributed by atoms with van der Waals surface area (Å²) in [5, 5.41) is 11.7. The highest BCUT2D eigenvalue weighted by molar-refractivity contribution is 6.03. The van der Waals surface area contributed by atoms with Crippen LogP contribution in [0.5, 0.6) is 0 Å². The molecule has 3 aliphatic heterocycles. The average molecular weight is 338 g/mol. The van der Waals surface area contributed by atoms with E-state index in [4.69, 9.17) is 4.74 Å². The second-order valence-electron chi connectivity index (χ2n) is 7.29. The maximum Gasteiger partial charge on any atom is 0.234 e. The van der Waals surface area contributed by atoms with Crippen LogP contribution in [0.15, 0.2) is 48.6 Å². The Morgan fingerprint density at radius 1 is 1.40 bits per heavy atom. The summed E-state index contributed by atoms with van der Waals surface area (Å²) in [7, 11) is 0. The van der Waals surface area contributed by atoms with Crippen LogP contribution in [0.2, 0.25) is 0 Å². The van der Waals surface area contributed by atoms with Gasteiger partial charge in [0, 0.05) is 17.6 Å². The smallest absolute Gasteiger partial charge is 0.234 e. The Balaban J connectivity index is 1.87. The molecule has 5 heteroatoms. The number of hydrogen-bond donors (Lipinski definition) is 0. The molecule has 2 fully saturated rings. The Hall–Kier alpha value is -2.40. The number of carboxylic acid groups (broad SMARTS) is 1. The number of nitrogens with zero attached hydrogens (tertiary/aromatic N) is 1. The minimum atomic E-state index is -1.23. The third-order valence-electron chi connectivity index (χ3n) is 5.61. The summed E-state index contributed by atoms with van der Waals surface area (Å²) in [4.78, 5) is 26.7. The van der Waals surface area contributed by atoms with Crippen LogP contribution in [0.25, 0.3) is 0 Å². The molecule has 1 spiro atoms. The number of benzene rings is 1. The Kier molecular flexibility index (Phi) is 3.41. The second kappa shape index (κ2) is 5.30. The van der Waals surface area contributed by atoms with Gasteiger partial charge in [0.25, 0.3) is 0 Å². The van der Waals surface area contributed by atoms with Gasteiger partial charge in [0.15, 0.2) is 0 Å². The first-order valence-electron chi connectivity index (χ1n) is 8.48. The Morgan fingerprint density at radius 3 is 2.76 bits per heavy atom. The summed E-state index contributed by atoms with van der Waals surface area (Å²) in [6, 6.07) is 7.31. The third-order valence-corrected chi connectivity index (χ3v) is 5.61. The minimum absolute atomic E-state index is 0.207. The predicted molar refractivity (Wildman–Crippen MR) is 90.6 cm³/mol. The molecule has 1 aromatic carbocycles. The van der Waals surface area contributed by atoms with Gasteiger partial charge in [-0.2, -0.15) is 0 Å². The molecule has 3 heterocycles. The van der Waals surface area contributed by atoms with Crippen LogP contribution < -0.4 is 10.0 Å². The van der Waals surface area contributed by atoms with E-state index in [1.165, 1.54) is 0 Å². The zero-order valence-corrected chi connectivity index (χ0v) is 14.3. The number of fused-ring (bicyclic) bond motifs is 1. The van der Waals surface area contributed by atoms with Crippen LogP contribution >= 0.6 is 0 Å². The average Bonchev–Trinajstić information content (AvgIpc) is 3.18. The largest absolute Gasteiger partial charge is 0.550 e. The van der Waals surface area contributed by atoms with E-state index in [1.54, 1.807) is 11.0 Å². The van der Waals surface area contributed by atoms with Gasteiger partial charge in [0.2, 0.25) is 5.91 Å². The molecule has 5 nitrogen and oxygen atoms in total. The molecule has 3 aliphatic rings. The van der Waals surface area contributed by atoms with Gasteiger partial charge in [0.1, 0.15) is 5.60 Å². The van der Waals surface area contributed by atoms with Crippen molar-refractivity contribution < 1.29 is 19.4 Å². The lowest BCUT2D eigenvalue weighted by molar-refractivity contribution is -0.313. The van der Waals surface area contributed by atoms with Crippen LogP contribution in [-0.2, 0) is 14.3 Å². The minimum Gasteiger partial charge on any atom is -0.550 e. The Morgan fingerprint density at radius 2 is 2.12 bits per heavy atom. The molecule has 0 saturated carbocycles. The first-order chi connectivity index (χ1) is 11.9. The molecule has 0 unspecified atom stereocenters. The van der Waals surface area contributed by atoms with Crippen LogP contribution in [0, 0.1) is 18.8 Å². The fourth-order valence-corrected chi connectivity index (χ4v) is 4.62. The topological polar surface area (TPSA) is 69.7 Å². The van der Waals surface area contributed by atoms with Crippen molar-refractivity contribution in [3.05, 3.63) is 54.1 Å². The number of hydrogen-bond acceptors (Lipinski definition) is 4. The number of amides is 1. The maximum absolute atomic E-state index is 13.3. The lowest BCUT2D eigenvalue weighted by Gasteiger charge is -2.34. The number of carbonyl (C=O) groups excluding carboxylic acids is 2. The number of aliphatic carboxylic acids is 1. The van der Waals surface area contributed by atoms with Gasteiger partial charge in [-0.05, 0) is 31.9 Å². The van der Waals surface area contributed by atoms with Crippen LogP contribution in [-0.4, -0.2) is 29.6 Å². The molecule has 1 amide bonds. The molecule has 2 bridgehead atoms. The summed E-state index contributed by atoms with van der Waals surface area (Å²) in [5.41, 5.74) is 1.75. The number of aryl methyl sites for hydroxylation is 1. The van der Waals surface area contributed by atoms with E-state index >= 15 is 0 Å². The highest BCUT2D eigenvalue weighted by Crippen LogP contribution is 2.56. The molecule has 5 atom stereocenters. The first-order valence-corrected chi connectivity index (χ1v) is 8.48. The van der Waals surface area contributed by atoms with E-state index < -0.39 is 29.5 Å². The molecule has 130 valence electrons. The highest BCUT2D eigenvalue weighted by Gasteiger charge is 2.69. The normalized spacial score (nSPS) is 35.3. The van der Waals surface area contributed by atoms with Gasteiger partial charge in [-0.1, -0.05) is 35.9 Å². The number of carboxylic acids is 1. The zero-order chi connectivity index (χ0) is 17.9. The lowest BCUT2D eigenvalue weighted by atomic mass is 9.74. The quantitative estimate of drug-likeness (QED) is 0.778. The van der Waals surface area contributed by atoms with Crippen molar-refractivity contribution in [3.63, 3.8) is 0 Å². The molecule has 0 aliphatic carbocycles. The second-order valence-corrected chi connectivity index (χ2v) is 7.29. The van der Waals surface area contributed by atoms with E-state index in [2.05, 4.69) is 6.58 Å². The van der Waals surface area contributed by atoms with Crippen molar-refractivity contribution in [2.24, 2.45) is 11.8 Å². The van der Waals surface area contributed by atoms with Crippen LogP contribution in [0.1, 0.15) is 18.9 Å². The molecule has 25 heavy (non-hydrogen) atoms. The van der Waals surface area contributed by atoms with E-state index in [0.29, 0.717) is 6.42 Å². The van der Waals surface area contributed by atoms with Crippen molar-refractivity contribution in [3.8, 4) is 0 Å². The van der Waals surface area contributed by atoms with Crippen LogP contribution in [0.4, 0.5) is 5.69 Å². The molecule has 0 N–H and O–H groups in total. The maximum atomic E-state index is 13.3. The van der Waals surface area contributed by atoms with E-state index in [0.717, 1.165) is 16.8 Å². The van der Waals surface area contributed by atoms with Crippen molar-refractivity contribution >= 4 is 17.6 Å². The number of anilines is 1. The number of carbonyl (C=O) groups is 2. The van der Waals surface area contributed by atoms with E-state index in [9.17, 15) is 14.7 Å². The molecule has 4 rings (SSSR count). The van der Waals surface area contributed by atoms with Crippen molar-refractivity contribution in [2.45, 2.75) is 38.0 Å². The van der Waals surface area contributed by atoms with Crippen molar-refractivity contribution in [2.75, 3.05) is 4.90 Å². The monoisotopic (exact) mass is 338 g/mol. The summed E-state index contributed by atoms with van der Waals surface area (Å²) < 4.78 is 6.10.